The summed E-state index contributed by atoms with van der Waals surface area (Å²) in [6.07, 6.45) is 3.73. The van der Waals surface area contributed by atoms with Crippen LogP contribution in [0.15, 0.2) is 30.5 Å². The number of amides is 1. The third kappa shape index (κ3) is 5.22. The van der Waals surface area contributed by atoms with Gasteiger partial charge in [-0.25, -0.2) is 13.2 Å². The first-order valence-electron chi connectivity index (χ1n) is 17.7. The van der Waals surface area contributed by atoms with Crippen LogP contribution in [0.2, 0.25) is 0 Å². The molecule has 2 bridgehead atoms. The molecule has 0 unspecified atom stereocenters. The second kappa shape index (κ2) is 12.1. The van der Waals surface area contributed by atoms with Crippen LogP contribution < -0.4 is 9.64 Å². The molecule has 280 valence electrons. The van der Waals surface area contributed by atoms with Crippen molar-refractivity contribution >= 4 is 44.3 Å². The van der Waals surface area contributed by atoms with Crippen molar-refractivity contribution in [2.45, 2.75) is 62.1 Å². The molecule has 10 nitrogen and oxygen atoms in total. The zero-order valence-corrected chi connectivity index (χ0v) is 28.9. The first-order valence-corrected chi connectivity index (χ1v) is 17.7. The highest BCUT2D eigenvalue weighted by atomic mass is 19.4. The Balaban J connectivity index is 1.26. The van der Waals surface area contributed by atoms with Gasteiger partial charge in [0, 0.05) is 55.6 Å². The molecular weight excluding hydrogens is 716 g/mol. The summed E-state index contributed by atoms with van der Waals surface area (Å²) in [5.41, 5.74) is -0.946. The number of benzene rings is 3. The molecule has 4 aliphatic rings. The lowest BCUT2D eigenvalue weighted by Crippen LogP contribution is -2.59. The van der Waals surface area contributed by atoms with Gasteiger partial charge in [0.1, 0.15) is 41.2 Å². The molecule has 9 rings (SSSR count). The number of piperazine rings is 1. The van der Waals surface area contributed by atoms with E-state index in [1.54, 1.807) is 18.1 Å². The van der Waals surface area contributed by atoms with E-state index in [9.17, 15) is 27.5 Å². The van der Waals surface area contributed by atoms with Gasteiger partial charge in [-0.15, -0.1) is 6.42 Å². The molecular formula is C38H33F6N7O3. The number of terminal acetylenes is 1. The Kier molecular flexibility index (Phi) is 7.73. The monoisotopic (exact) mass is 749 g/mol. The number of ether oxygens (including phenoxy) is 1. The molecule has 0 saturated carbocycles. The Morgan fingerprint density at radius 2 is 1.85 bits per heavy atom. The number of hydrogen-bond acceptors (Lipinski definition) is 8. The minimum atomic E-state index is -5.04. The van der Waals surface area contributed by atoms with Gasteiger partial charge in [-0.2, -0.15) is 28.2 Å². The molecule has 1 amide bonds. The molecule has 6 heterocycles. The number of alkyl halides is 4. The summed E-state index contributed by atoms with van der Waals surface area (Å²) in [6.45, 7) is 0.929. The zero-order valence-electron chi connectivity index (χ0n) is 28.9. The average molecular weight is 750 g/mol. The number of aromatic hydroxyl groups is 1. The fourth-order valence-electron chi connectivity index (χ4n) is 9.42. The number of carbonyl (C=O) groups excluding carboxylic acids is 1. The fourth-order valence-corrected chi connectivity index (χ4v) is 9.42. The highest BCUT2D eigenvalue weighted by Gasteiger charge is 2.52. The van der Waals surface area contributed by atoms with Crippen molar-refractivity contribution in [1.29, 1.82) is 0 Å². The SMILES string of the molecule is C#Cc1c(F)ccc2cc(O)cc(-c3c(F)c4nc(OC[C@@]56CCCN5C[C@H](F)C6)nc(N5C[C@H]6CC[C@@H](C5)N6C(=O)C(F)(F)F)c4c4cn(C)nc34)c12. The third-order valence-corrected chi connectivity index (χ3v) is 11.6. The van der Waals surface area contributed by atoms with Crippen LogP contribution in [0.25, 0.3) is 43.7 Å². The van der Waals surface area contributed by atoms with Crippen LogP contribution in [-0.2, 0) is 11.8 Å². The lowest BCUT2D eigenvalue weighted by Gasteiger charge is -2.42. The maximum atomic E-state index is 17.6. The second-order valence-electron chi connectivity index (χ2n) is 14.8. The van der Waals surface area contributed by atoms with E-state index in [0.717, 1.165) is 17.4 Å². The minimum absolute atomic E-state index is 0.0170. The molecule has 4 aliphatic heterocycles. The van der Waals surface area contributed by atoms with E-state index in [1.807, 2.05) is 4.90 Å². The van der Waals surface area contributed by atoms with Gasteiger partial charge in [0.05, 0.1) is 28.6 Å². The van der Waals surface area contributed by atoms with Crippen molar-refractivity contribution in [1.82, 2.24) is 29.5 Å². The second-order valence-corrected chi connectivity index (χ2v) is 14.8. The number of rotatable bonds is 5. The van der Waals surface area contributed by atoms with Gasteiger partial charge in [-0.1, -0.05) is 12.0 Å². The van der Waals surface area contributed by atoms with E-state index in [0.29, 0.717) is 36.6 Å². The molecule has 54 heavy (non-hydrogen) atoms. The number of phenolic OH excluding ortho intramolecular Hbond substituents is 1. The lowest BCUT2D eigenvalue weighted by molar-refractivity contribution is -0.188. The van der Waals surface area contributed by atoms with Gasteiger partial charge in [0.25, 0.3) is 0 Å². The molecule has 2 aromatic heterocycles. The van der Waals surface area contributed by atoms with Crippen molar-refractivity contribution in [2.24, 2.45) is 7.05 Å². The van der Waals surface area contributed by atoms with E-state index < -0.39 is 47.5 Å². The maximum absolute atomic E-state index is 17.6. The van der Waals surface area contributed by atoms with E-state index in [4.69, 9.17) is 16.1 Å². The van der Waals surface area contributed by atoms with Crippen molar-refractivity contribution in [3.05, 3.63) is 47.7 Å². The number of fused-ring (bicyclic) bond motifs is 7. The highest BCUT2D eigenvalue weighted by molar-refractivity contribution is 6.18. The van der Waals surface area contributed by atoms with Crippen LogP contribution in [0.3, 0.4) is 0 Å². The molecule has 4 fully saturated rings. The predicted octanol–water partition coefficient (Wildman–Crippen LogP) is 6.00. The Morgan fingerprint density at radius 3 is 2.57 bits per heavy atom. The number of phenols is 1. The van der Waals surface area contributed by atoms with Crippen LogP contribution in [0, 0.1) is 24.0 Å². The quantitative estimate of drug-likeness (QED) is 0.173. The van der Waals surface area contributed by atoms with Gasteiger partial charge in [0.2, 0.25) is 0 Å². The molecule has 5 aromatic rings. The third-order valence-electron chi connectivity index (χ3n) is 11.6. The average Bonchev–Trinajstić information content (AvgIpc) is 3.85. The molecule has 3 aromatic carbocycles. The fraction of sp³-hybridized carbons (Fsp3) is 0.421. The predicted molar refractivity (Wildman–Crippen MR) is 187 cm³/mol. The van der Waals surface area contributed by atoms with Gasteiger partial charge < -0.3 is 19.6 Å². The van der Waals surface area contributed by atoms with Crippen LogP contribution in [-0.4, -0.2) is 103 Å². The summed E-state index contributed by atoms with van der Waals surface area (Å²) in [4.78, 5) is 26.5. The smallest absolute Gasteiger partial charge is 0.471 e. The maximum Gasteiger partial charge on any atom is 0.471 e. The van der Waals surface area contributed by atoms with Crippen molar-refractivity contribution in [3.63, 3.8) is 0 Å². The topological polar surface area (TPSA) is 99.9 Å². The van der Waals surface area contributed by atoms with Crippen molar-refractivity contribution < 1.29 is 41.0 Å². The molecule has 4 saturated heterocycles. The summed E-state index contributed by atoms with van der Waals surface area (Å²) in [6, 6.07) is 3.43. The van der Waals surface area contributed by atoms with Gasteiger partial charge in [-0.05, 0) is 61.4 Å². The van der Waals surface area contributed by atoms with E-state index in [2.05, 4.69) is 16.0 Å². The van der Waals surface area contributed by atoms with Gasteiger partial charge in [-0.3, -0.25) is 14.4 Å². The molecule has 0 spiro atoms. The van der Waals surface area contributed by atoms with Crippen LogP contribution in [0.1, 0.15) is 37.7 Å². The van der Waals surface area contributed by atoms with Crippen LogP contribution in [0.4, 0.5) is 32.2 Å². The van der Waals surface area contributed by atoms with Gasteiger partial charge in [0.15, 0.2) is 5.82 Å². The Labute approximate surface area is 304 Å². The standard InChI is InChI=1S/C38H33F6N7O3/c1-3-24-27(40)8-5-19-11-23(52)12-25(28(19)24)29-31(41)33-30(26-17-48(2)47-32(26)29)34(49-15-21-6-7-22(16-49)51(21)35(53)38(42,43)44)46-36(45-33)54-18-37-9-4-10-50(37)14-20(39)13-37/h1,5,8,11-12,17,20-22,52H,4,6-7,9-10,13-16,18H2,2H3/t20-,21-,22+,37+/m1/s1. The summed E-state index contributed by atoms with van der Waals surface area (Å²) >= 11 is 0. The summed E-state index contributed by atoms with van der Waals surface area (Å²) in [5.74, 6) is -1.26. The number of carbonyl (C=O) groups is 1. The number of aromatic nitrogens is 4. The number of halogens is 6. The normalized spacial score (nSPS) is 24.2. The first-order chi connectivity index (χ1) is 25.8. The van der Waals surface area contributed by atoms with Crippen LogP contribution >= 0.6 is 0 Å². The largest absolute Gasteiger partial charge is 0.508 e. The minimum Gasteiger partial charge on any atom is -0.508 e. The first kappa shape index (κ1) is 34.5. The van der Waals surface area contributed by atoms with E-state index in [1.165, 1.54) is 22.9 Å². The Hall–Kier alpha value is -5.30. The highest BCUT2D eigenvalue weighted by Crippen LogP contribution is 2.46. The van der Waals surface area contributed by atoms with Crippen molar-refractivity contribution in [3.8, 4) is 35.2 Å². The van der Waals surface area contributed by atoms with E-state index >= 15 is 8.78 Å². The number of hydrogen-bond donors (Lipinski definition) is 1. The Morgan fingerprint density at radius 1 is 1.09 bits per heavy atom. The zero-order chi connectivity index (χ0) is 37.8. The van der Waals surface area contributed by atoms with Gasteiger partial charge >= 0.3 is 18.1 Å². The molecule has 0 radical (unpaired) electrons. The van der Waals surface area contributed by atoms with Crippen LogP contribution in [0.5, 0.6) is 11.8 Å². The van der Waals surface area contributed by atoms with Crippen molar-refractivity contribution in [2.75, 3.05) is 37.7 Å². The number of aryl methyl sites for hydroxylation is 1. The molecule has 16 heteroatoms. The molecule has 0 aliphatic carbocycles. The van der Waals surface area contributed by atoms with E-state index in [-0.39, 0.29) is 88.7 Å². The number of nitrogens with zero attached hydrogens (tertiary/aromatic N) is 7. The Bertz CT molecular complexity index is 2430. The summed E-state index contributed by atoms with van der Waals surface area (Å²) in [5, 5.41) is 16.5. The molecule has 4 atom stereocenters. The summed E-state index contributed by atoms with van der Waals surface area (Å²) in [7, 11) is 1.62. The number of anilines is 1. The summed E-state index contributed by atoms with van der Waals surface area (Å²) < 4.78 is 96.0. The molecule has 1 N–H and O–H groups in total. The lowest BCUT2D eigenvalue weighted by atomic mass is 9.91.